The van der Waals surface area contributed by atoms with Crippen LogP contribution >= 0.6 is 0 Å². The second-order valence-electron chi connectivity index (χ2n) is 6.23. The molecule has 0 radical (unpaired) electrons. The van der Waals surface area contributed by atoms with Gasteiger partial charge in [0.05, 0.1) is 13.5 Å². The summed E-state index contributed by atoms with van der Waals surface area (Å²) in [7, 11) is 1.60. The van der Waals surface area contributed by atoms with Crippen LogP contribution in [0.15, 0.2) is 53.1 Å². The predicted molar refractivity (Wildman–Crippen MR) is 99.4 cm³/mol. The van der Waals surface area contributed by atoms with Gasteiger partial charge < -0.3 is 23.5 Å². The van der Waals surface area contributed by atoms with Gasteiger partial charge in [0.1, 0.15) is 31.3 Å². The predicted octanol–water partition coefficient (Wildman–Crippen LogP) is 3.41. The standard InChI is InChI=1S/C21H19NO6/c1-24-17-5-2-14(3-6-17)10-21(23)27-13-16-12-19(28-22-16)15-4-7-18-20(11-15)26-9-8-25-18/h2-7,11-12H,8-10,13H2,1H3. The number of hydrogen-bond acceptors (Lipinski definition) is 7. The highest BCUT2D eigenvalue weighted by Crippen LogP contribution is 2.34. The van der Waals surface area contributed by atoms with E-state index in [0.717, 1.165) is 16.9 Å². The Morgan fingerprint density at radius 2 is 1.82 bits per heavy atom. The zero-order valence-corrected chi connectivity index (χ0v) is 15.3. The van der Waals surface area contributed by atoms with Gasteiger partial charge in [-0.1, -0.05) is 17.3 Å². The highest BCUT2D eigenvalue weighted by molar-refractivity contribution is 5.72. The summed E-state index contributed by atoms with van der Waals surface area (Å²) in [6, 6.07) is 14.6. The maximum Gasteiger partial charge on any atom is 0.310 e. The molecule has 2 heterocycles. The molecule has 0 saturated heterocycles. The molecule has 7 heteroatoms. The number of nitrogens with zero attached hydrogens (tertiary/aromatic N) is 1. The minimum Gasteiger partial charge on any atom is -0.497 e. The fraction of sp³-hybridized carbons (Fsp3) is 0.238. The Balaban J connectivity index is 1.35. The fourth-order valence-electron chi connectivity index (χ4n) is 2.83. The Bertz CT molecular complexity index is 963. The topological polar surface area (TPSA) is 80.0 Å². The van der Waals surface area contributed by atoms with Gasteiger partial charge in [0, 0.05) is 11.6 Å². The van der Waals surface area contributed by atoms with Crippen LogP contribution in [-0.4, -0.2) is 31.4 Å². The van der Waals surface area contributed by atoms with Crippen molar-refractivity contribution in [2.75, 3.05) is 20.3 Å². The van der Waals surface area contributed by atoms with Crippen LogP contribution < -0.4 is 14.2 Å². The lowest BCUT2D eigenvalue weighted by atomic mass is 10.1. The summed E-state index contributed by atoms with van der Waals surface area (Å²) in [5, 5.41) is 3.97. The van der Waals surface area contributed by atoms with Crippen LogP contribution in [0.25, 0.3) is 11.3 Å². The van der Waals surface area contributed by atoms with Crippen molar-refractivity contribution < 1.29 is 28.3 Å². The maximum atomic E-state index is 12.0. The molecule has 0 aliphatic carbocycles. The molecule has 0 amide bonds. The molecule has 0 bridgehead atoms. The number of carbonyl (C=O) groups excluding carboxylic acids is 1. The molecule has 0 spiro atoms. The largest absolute Gasteiger partial charge is 0.497 e. The normalized spacial score (nSPS) is 12.5. The molecular formula is C21H19NO6. The van der Waals surface area contributed by atoms with Crippen molar-refractivity contribution in [3.63, 3.8) is 0 Å². The van der Waals surface area contributed by atoms with E-state index < -0.39 is 0 Å². The van der Waals surface area contributed by atoms with Gasteiger partial charge in [-0.25, -0.2) is 0 Å². The van der Waals surface area contributed by atoms with Gasteiger partial charge in [0.2, 0.25) is 0 Å². The molecule has 0 saturated carbocycles. The molecule has 0 unspecified atom stereocenters. The van der Waals surface area contributed by atoms with E-state index in [1.54, 1.807) is 25.3 Å². The van der Waals surface area contributed by atoms with Gasteiger partial charge in [-0.3, -0.25) is 4.79 Å². The second-order valence-corrected chi connectivity index (χ2v) is 6.23. The van der Waals surface area contributed by atoms with E-state index in [2.05, 4.69) is 5.16 Å². The molecule has 0 N–H and O–H groups in total. The molecule has 3 aromatic rings. The summed E-state index contributed by atoms with van der Waals surface area (Å²) in [6.07, 6.45) is 0.177. The lowest BCUT2D eigenvalue weighted by Gasteiger charge is -2.18. The molecule has 0 atom stereocenters. The summed E-state index contributed by atoms with van der Waals surface area (Å²) in [4.78, 5) is 12.0. The van der Waals surface area contributed by atoms with Crippen molar-refractivity contribution in [2.45, 2.75) is 13.0 Å². The van der Waals surface area contributed by atoms with Crippen molar-refractivity contribution in [3.8, 4) is 28.6 Å². The fourth-order valence-corrected chi connectivity index (χ4v) is 2.83. The average Bonchev–Trinajstić information content (AvgIpc) is 3.21. The quantitative estimate of drug-likeness (QED) is 0.605. The van der Waals surface area contributed by atoms with Crippen LogP contribution in [0.2, 0.25) is 0 Å². The van der Waals surface area contributed by atoms with Crippen LogP contribution in [0, 0.1) is 0 Å². The van der Waals surface area contributed by atoms with Crippen LogP contribution in [0.4, 0.5) is 0 Å². The minimum atomic E-state index is -0.339. The van der Waals surface area contributed by atoms with Crippen LogP contribution in [0.3, 0.4) is 0 Å². The molecule has 144 valence electrons. The smallest absolute Gasteiger partial charge is 0.310 e. The van der Waals surface area contributed by atoms with E-state index in [4.69, 9.17) is 23.5 Å². The van der Waals surface area contributed by atoms with Gasteiger partial charge >= 0.3 is 5.97 Å². The third-order valence-electron chi connectivity index (χ3n) is 4.27. The molecule has 2 aromatic carbocycles. The monoisotopic (exact) mass is 381 g/mol. The number of rotatable bonds is 6. The third kappa shape index (κ3) is 4.09. The van der Waals surface area contributed by atoms with Crippen molar-refractivity contribution in [2.24, 2.45) is 0 Å². The first-order valence-corrected chi connectivity index (χ1v) is 8.85. The first-order chi connectivity index (χ1) is 13.7. The number of ether oxygens (including phenoxy) is 4. The molecular weight excluding hydrogens is 362 g/mol. The molecule has 1 aromatic heterocycles. The van der Waals surface area contributed by atoms with Gasteiger partial charge in [-0.05, 0) is 35.9 Å². The molecule has 7 nitrogen and oxygen atoms in total. The summed E-state index contributed by atoms with van der Waals surface area (Å²) in [5.74, 6) is 2.36. The van der Waals surface area contributed by atoms with E-state index in [0.29, 0.717) is 36.2 Å². The van der Waals surface area contributed by atoms with E-state index in [1.807, 2.05) is 30.3 Å². The first-order valence-electron chi connectivity index (χ1n) is 8.85. The van der Waals surface area contributed by atoms with E-state index in [1.165, 1.54) is 0 Å². The Hall–Kier alpha value is -3.48. The molecule has 1 aliphatic heterocycles. The first kappa shape index (κ1) is 17.9. The second kappa shape index (κ2) is 8.04. The Kier molecular flexibility index (Phi) is 5.14. The Morgan fingerprint density at radius 1 is 1.04 bits per heavy atom. The highest BCUT2D eigenvalue weighted by atomic mass is 16.6. The van der Waals surface area contributed by atoms with Gasteiger partial charge in [0.25, 0.3) is 0 Å². The molecule has 1 aliphatic rings. The summed E-state index contributed by atoms with van der Waals surface area (Å²) in [6.45, 7) is 1.10. The number of aromatic nitrogens is 1. The van der Waals surface area contributed by atoms with Crippen molar-refractivity contribution in [1.29, 1.82) is 0 Å². The van der Waals surface area contributed by atoms with Crippen LogP contribution in [0.5, 0.6) is 17.2 Å². The van der Waals surface area contributed by atoms with E-state index >= 15 is 0 Å². The highest BCUT2D eigenvalue weighted by Gasteiger charge is 2.15. The number of hydrogen-bond donors (Lipinski definition) is 0. The summed E-state index contributed by atoms with van der Waals surface area (Å²) in [5.41, 5.74) is 2.20. The maximum absolute atomic E-state index is 12.0. The van der Waals surface area contributed by atoms with Gasteiger partial charge in [-0.2, -0.15) is 0 Å². The lowest BCUT2D eigenvalue weighted by molar-refractivity contribution is -0.144. The molecule has 4 rings (SSSR count). The number of esters is 1. The van der Waals surface area contributed by atoms with Crippen LogP contribution in [0.1, 0.15) is 11.3 Å². The van der Waals surface area contributed by atoms with Gasteiger partial charge in [-0.15, -0.1) is 0 Å². The van der Waals surface area contributed by atoms with Gasteiger partial charge in [0.15, 0.2) is 17.3 Å². The Labute approximate surface area is 161 Å². The van der Waals surface area contributed by atoms with Crippen LogP contribution in [-0.2, 0) is 22.6 Å². The lowest BCUT2D eigenvalue weighted by Crippen LogP contribution is -2.15. The summed E-state index contributed by atoms with van der Waals surface area (Å²) < 4.78 is 26.8. The number of carbonyl (C=O) groups is 1. The zero-order chi connectivity index (χ0) is 19.3. The van der Waals surface area contributed by atoms with Crippen molar-refractivity contribution in [1.82, 2.24) is 5.16 Å². The minimum absolute atomic E-state index is 0.0447. The van der Waals surface area contributed by atoms with Crippen molar-refractivity contribution >= 4 is 5.97 Å². The summed E-state index contributed by atoms with van der Waals surface area (Å²) >= 11 is 0. The van der Waals surface area contributed by atoms with Crippen molar-refractivity contribution in [3.05, 3.63) is 59.8 Å². The average molecular weight is 381 g/mol. The molecule has 0 fully saturated rings. The number of benzene rings is 2. The van der Waals surface area contributed by atoms with E-state index in [9.17, 15) is 4.79 Å². The number of methoxy groups -OCH3 is 1. The molecule has 28 heavy (non-hydrogen) atoms. The number of fused-ring (bicyclic) bond motifs is 1. The Morgan fingerprint density at radius 3 is 2.61 bits per heavy atom. The SMILES string of the molecule is COc1ccc(CC(=O)OCc2cc(-c3ccc4c(c3)OCCO4)on2)cc1. The zero-order valence-electron chi connectivity index (χ0n) is 15.3. The van der Waals surface area contributed by atoms with E-state index in [-0.39, 0.29) is 19.0 Å². The third-order valence-corrected chi connectivity index (χ3v) is 4.27.